The first-order valence-electron chi connectivity index (χ1n) is 28.2. The van der Waals surface area contributed by atoms with Gasteiger partial charge in [0.2, 0.25) is 0 Å². The highest BCUT2D eigenvalue weighted by Crippen LogP contribution is 2.71. The van der Waals surface area contributed by atoms with Crippen LogP contribution in [0.15, 0.2) is 30.3 Å². The number of rotatable bonds is 16. The molecule has 9 rings (SSSR count). The lowest BCUT2D eigenvalue weighted by atomic mass is 9.42. The predicted molar refractivity (Wildman–Crippen MR) is 271 cm³/mol. The van der Waals surface area contributed by atoms with Crippen molar-refractivity contribution >= 4 is 11.9 Å². The minimum atomic E-state index is -1.76. The molecule has 0 bridgehead atoms. The molecule has 23 nitrogen and oxygen atoms in total. The van der Waals surface area contributed by atoms with Gasteiger partial charge in [-0.1, -0.05) is 32.0 Å². The Kier molecular flexibility index (Phi) is 18.7. The van der Waals surface area contributed by atoms with Crippen LogP contribution in [0.2, 0.25) is 0 Å². The van der Waals surface area contributed by atoms with Crippen molar-refractivity contribution in [3.63, 3.8) is 0 Å². The van der Waals surface area contributed by atoms with Gasteiger partial charge in [0.25, 0.3) is 0 Å². The summed E-state index contributed by atoms with van der Waals surface area (Å²) >= 11 is 0. The molecule has 1 aromatic carbocycles. The number of carbonyl (C=O) groups is 2. The Morgan fingerprint density at radius 3 is 1.90 bits per heavy atom. The third-order valence-corrected chi connectivity index (χ3v) is 20.1. The van der Waals surface area contributed by atoms with Gasteiger partial charge in [-0.15, -0.1) is 0 Å². The highest BCUT2D eigenvalue weighted by molar-refractivity contribution is 5.89. The van der Waals surface area contributed by atoms with Crippen molar-refractivity contribution in [1.29, 1.82) is 0 Å². The molecule has 4 saturated carbocycles. The summed E-state index contributed by atoms with van der Waals surface area (Å²) in [4.78, 5) is 26.2. The SMILES string of the molecule is CO[C@H]1C[C@H](O[C@H]2CC[C@@]3(C)[C@@H](CC[C@@H]4[C@@H]3C[C@@H](OC(C)=O)[C@]3(C)[C@](O)([C@H](C)OC(=O)c5ccccc5)CC[C@]43O)C2)O[C@H](C)[C@H]1O[C@H]1C[C@@H](OC)[C@H](O[C@@H]2O[C@H](CO[C@@H]3O[C@H](CO)[C@@H](O)[C@H](O)[C@H]3O)[C@@H](O)[C@H](O)[C@H]2O)[C@@H](C)O1. The number of fused-ring (bicyclic) bond motifs is 5. The fraction of sp³-hybridized carbons (Fsp3) is 0.857. The second-order valence-electron chi connectivity index (χ2n) is 24.1. The molecule has 1 aromatic rings. The lowest BCUT2D eigenvalue weighted by Gasteiger charge is -2.66. The van der Waals surface area contributed by atoms with Crippen molar-refractivity contribution in [2.45, 2.75) is 246 Å². The van der Waals surface area contributed by atoms with Gasteiger partial charge in [0.1, 0.15) is 78.8 Å². The predicted octanol–water partition coefficient (Wildman–Crippen LogP) is 0.742. The molecule has 0 unspecified atom stereocenters. The minimum Gasteiger partial charge on any atom is -0.462 e. The average molecular weight is 1130 g/mol. The van der Waals surface area contributed by atoms with Crippen LogP contribution in [0.25, 0.3) is 0 Å². The molecule has 4 aliphatic carbocycles. The van der Waals surface area contributed by atoms with Crippen LogP contribution in [0.4, 0.5) is 0 Å². The van der Waals surface area contributed by atoms with Crippen LogP contribution in [0.3, 0.4) is 0 Å². The van der Waals surface area contributed by atoms with E-state index in [2.05, 4.69) is 6.92 Å². The first-order chi connectivity index (χ1) is 37.4. The van der Waals surface area contributed by atoms with Crippen LogP contribution in [-0.2, 0) is 61.6 Å². The summed E-state index contributed by atoms with van der Waals surface area (Å²) in [7, 11) is 3.08. The number of ether oxygens (including phenoxy) is 12. The van der Waals surface area contributed by atoms with Crippen LogP contribution in [0, 0.1) is 28.6 Å². The molecule has 0 aromatic heterocycles. The standard InChI is InChI=1S/C56H86O23/c1-26-48(78-41-23-36(69-8)49(27(2)72-41)79-52-47(64)45(62)43(60)38(77-52)25-70-51-46(63)44(61)42(59)37(24-57)76-51)35(68-7)22-40(71-26)75-32-16-17-53(5)31(20-32)14-15-33-34(53)21-39(74-29(4)58)54(6)55(66,18-19-56(33,54)67)28(3)73-50(65)30-12-10-9-11-13-30/h9-13,26-28,31-49,51-52,57,59-64,66-67H,14-25H2,1-8H3/t26-,27-,28+,31+,32+,33-,34+,35+,36-,37-,38-,39-,40+,41+,42-,43-,44+,45+,46-,47-,48-,49-,51-,52+,53+,54-,55-,56+/m1/s1. The maximum Gasteiger partial charge on any atom is 0.338 e. The molecule has 8 fully saturated rings. The number of hydrogen-bond acceptors (Lipinski definition) is 23. The number of aliphatic hydroxyl groups is 9. The number of methoxy groups -OCH3 is 2. The molecule has 9 N–H and O–H groups in total. The fourth-order valence-corrected chi connectivity index (χ4v) is 15.4. The second-order valence-corrected chi connectivity index (χ2v) is 24.1. The molecule has 0 spiro atoms. The lowest BCUT2D eigenvalue weighted by Crippen LogP contribution is -2.72. The highest BCUT2D eigenvalue weighted by Gasteiger charge is 2.77. The summed E-state index contributed by atoms with van der Waals surface area (Å²) in [6.45, 7) is 9.51. The largest absolute Gasteiger partial charge is 0.462 e. The molecule has 4 saturated heterocycles. The molecular formula is C56H86O23. The van der Waals surface area contributed by atoms with Gasteiger partial charge in [-0.05, 0) is 107 Å². The Morgan fingerprint density at radius 1 is 0.684 bits per heavy atom. The summed E-state index contributed by atoms with van der Waals surface area (Å²) < 4.78 is 73.3. The maximum atomic E-state index is 13.3. The number of aliphatic hydroxyl groups excluding tert-OH is 7. The van der Waals surface area contributed by atoms with Gasteiger partial charge in [0, 0.05) is 34.0 Å². The molecule has 4 heterocycles. The van der Waals surface area contributed by atoms with Crippen molar-refractivity contribution < 1.29 is 112 Å². The summed E-state index contributed by atoms with van der Waals surface area (Å²) in [5.74, 6) is -1.11. The summed E-state index contributed by atoms with van der Waals surface area (Å²) in [6.07, 6.45) is -18.0. The third kappa shape index (κ3) is 11.2. The number of carbonyl (C=O) groups excluding carboxylic acids is 2. The van der Waals surface area contributed by atoms with Crippen LogP contribution in [0.1, 0.15) is 116 Å². The van der Waals surface area contributed by atoms with Gasteiger partial charge in [0.05, 0.1) is 60.3 Å². The van der Waals surface area contributed by atoms with E-state index in [9.17, 15) is 55.5 Å². The zero-order valence-corrected chi connectivity index (χ0v) is 46.5. The van der Waals surface area contributed by atoms with Gasteiger partial charge in [-0.3, -0.25) is 4.79 Å². The zero-order valence-electron chi connectivity index (χ0n) is 46.5. The van der Waals surface area contributed by atoms with Crippen molar-refractivity contribution in [1.82, 2.24) is 0 Å². The molecule has 8 aliphatic rings. The van der Waals surface area contributed by atoms with Crippen LogP contribution in [0.5, 0.6) is 0 Å². The molecular weight excluding hydrogens is 1040 g/mol. The van der Waals surface area contributed by atoms with Crippen LogP contribution >= 0.6 is 0 Å². The van der Waals surface area contributed by atoms with Gasteiger partial charge in [0.15, 0.2) is 25.2 Å². The lowest BCUT2D eigenvalue weighted by molar-refractivity contribution is -0.360. The fourth-order valence-electron chi connectivity index (χ4n) is 15.4. The average Bonchev–Trinajstić information content (AvgIpc) is 2.68. The molecule has 0 amide bonds. The molecule has 448 valence electrons. The van der Waals surface area contributed by atoms with E-state index in [1.54, 1.807) is 51.3 Å². The first kappa shape index (κ1) is 61.0. The van der Waals surface area contributed by atoms with Gasteiger partial charge >= 0.3 is 11.9 Å². The van der Waals surface area contributed by atoms with Crippen molar-refractivity contribution in [2.75, 3.05) is 27.4 Å². The van der Waals surface area contributed by atoms with E-state index in [4.69, 9.17) is 56.8 Å². The third-order valence-electron chi connectivity index (χ3n) is 20.1. The molecule has 0 radical (unpaired) electrons. The molecule has 4 aliphatic heterocycles. The Balaban J connectivity index is 0.791. The van der Waals surface area contributed by atoms with E-state index < -0.39 is 165 Å². The van der Waals surface area contributed by atoms with Gasteiger partial charge in [-0.2, -0.15) is 0 Å². The van der Waals surface area contributed by atoms with E-state index in [1.807, 2.05) is 13.8 Å². The zero-order chi connectivity index (χ0) is 57.1. The Labute approximate surface area is 460 Å². The minimum absolute atomic E-state index is 0.0347. The first-order valence-corrected chi connectivity index (χ1v) is 28.2. The number of esters is 2. The Hall–Kier alpha value is -2.60. The second kappa shape index (κ2) is 24.2. The number of benzene rings is 1. The van der Waals surface area contributed by atoms with E-state index in [0.29, 0.717) is 24.8 Å². The quantitative estimate of drug-likeness (QED) is 0.0814. The Morgan fingerprint density at radius 2 is 1.28 bits per heavy atom. The summed E-state index contributed by atoms with van der Waals surface area (Å²) in [5, 5.41) is 98.8. The normalized spacial score (nSPS) is 49.4. The smallest absolute Gasteiger partial charge is 0.338 e. The maximum absolute atomic E-state index is 13.3. The molecule has 28 atom stereocenters. The summed E-state index contributed by atoms with van der Waals surface area (Å²) in [5.41, 5.74) is -4.36. The van der Waals surface area contributed by atoms with Gasteiger partial charge < -0.3 is 103 Å². The number of hydrogen-bond donors (Lipinski definition) is 9. The van der Waals surface area contributed by atoms with E-state index in [1.165, 1.54) is 14.0 Å². The highest BCUT2D eigenvalue weighted by atomic mass is 16.8. The van der Waals surface area contributed by atoms with E-state index in [-0.39, 0.29) is 48.5 Å². The topological polar surface area (TPSA) is 327 Å². The Bertz CT molecular complexity index is 2210. The van der Waals surface area contributed by atoms with Crippen molar-refractivity contribution in [2.24, 2.45) is 28.6 Å². The molecule has 79 heavy (non-hydrogen) atoms. The van der Waals surface area contributed by atoms with Crippen molar-refractivity contribution in [3.8, 4) is 0 Å². The van der Waals surface area contributed by atoms with E-state index >= 15 is 0 Å². The van der Waals surface area contributed by atoms with Crippen LogP contribution < -0.4 is 0 Å². The molecule has 23 heteroatoms. The van der Waals surface area contributed by atoms with Crippen LogP contribution in [-0.4, -0.2) is 225 Å². The van der Waals surface area contributed by atoms with Crippen molar-refractivity contribution in [3.05, 3.63) is 35.9 Å². The van der Waals surface area contributed by atoms with Gasteiger partial charge in [-0.25, -0.2) is 4.79 Å². The van der Waals surface area contributed by atoms with E-state index in [0.717, 1.165) is 25.7 Å². The summed E-state index contributed by atoms with van der Waals surface area (Å²) in [6, 6.07) is 8.57. The monoisotopic (exact) mass is 1130 g/mol.